The van der Waals surface area contributed by atoms with Gasteiger partial charge in [-0.2, -0.15) is 0 Å². The predicted molar refractivity (Wildman–Crippen MR) is 76.0 cm³/mol. The second-order valence-corrected chi connectivity index (χ2v) is 4.96. The maximum absolute atomic E-state index is 8.68. The number of nitrogens with zero attached hydrogens (tertiary/aromatic N) is 3. The summed E-state index contributed by atoms with van der Waals surface area (Å²) < 4.78 is 0. The highest BCUT2D eigenvalue weighted by Gasteiger charge is 2.26. The van der Waals surface area contributed by atoms with Gasteiger partial charge in [0.2, 0.25) is 0 Å². The molecule has 2 atom stereocenters. The Bertz CT molecular complexity index is 615. The molecule has 3 rings (SSSR count). The first kappa shape index (κ1) is 11.8. The quantitative estimate of drug-likeness (QED) is 0.429. The maximum Gasteiger partial charge on any atom is 0.0423 e. The molecule has 0 aliphatic heterocycles. The molecular formula is C16H15N3. The third kappa shape index (κ3) is 2.33. The molecule has 1 aliphatic carbocycles. The van der Waals surface area contributed by atoms with Crippen LogP contribution >= 0.6 is 0 Å². The van der Waals surface area contributed by atoms with Crippen molar-refractivity contribution in [2.24, 2.45) is 5.11 Å². The number of rotatable bonds is 2. The highest BCUT2D eigenvalue weighted by atomic mass is 15.1. The van der Waals surface area contributed by atoms with Gasteiger partial charge in [-0.3, -0.25) is 0 Å². The van der Waals surface area contributed by atoms with Crippen LogP contribution in [0.3, 0.4) is 0 Å². The predicted octanol–water partition coefficient (Wildman–Crippen LogP) is 4.44. The normalized spacial score (nSPS) is 21.3. The van der Waals surface area contributed by atoms with Crippen molar-refractivity contribution < 1.29 is 0 Å². The highest BCUT2D eigenvalue weighted by molar-refractivity contribution is 5.40. The Morgan fingerprint density at radius 1 is 1.00 bits per heavy atom. The van der Waals surface area contributed by atoms with E-state index >= 15 is 0 Å². The summed E-state index contributed by atoms with van der Waals surface area (Å²) in [7, 11) is 0. The molecule has 0 unspecified atom stereocenters. The van der Waals surface area contributed by atoms with Gasteiger partial charge in [0.05, 0.1) is 0 Å². The lowest BCUT2D eigenvalue weighted by Crippen LogP contribution is -2.21. The van der Waals surface area contributed by atoms with Gasteiger partial charge in [-0.15, -0.1) is 0 Å². The van der Waals surface area contributed by atoms with Crippen LogP contribution in [0.25, 0.3) is 10.4 Å². The average Bonchev–Trinajstić information content (AvgIpc) is 2.48. The van der Waals surface area contributed by atoms with Gasteiger partial charge in [0, 0.05) is 16.9 Å². The maximum atomic E-state index is 8.68. The Morgan fingerprint density at radius 2 is 1.74 bits per heavy atom. The van der Waals surface area contributed by atoms with Crippen LogP contribution in [0.1, 0.15) is 29.0 Å². The van der Waals surface area contributed by atoms with Crippen LogP contribution < -0.4 is 0 Å². The van der Waals surface area contributed by atoms with Crippen molar-refractivity contribution >= 4 is 0 Å². The average molecular weight is 249 g/mol. The molecule has 0 saturated heterocycles. The van der Waals surface area contributed by atoms with Crippen LogP contribution in [0.15, 0.2) is 59.7 Å². The summed E-state index contributed by atoms with van der Waals surface area (Å²) in [5.41, 5.74) is 12.7. The number of hydrogen-bond donors (Lipinski definition) is 0. The van der Waals surface area contributed by atoms with Crippen LogP contribution in [-0.2, 0) is 6.42 Å². The van der Waals surface area contributed by atoms with Crippen molar-refractivity contribution in [2.75, 3.05) is 0 Å². The third-order valence-corrected chi connectivity index (χ3v) is 3.81. The second-order valence-electron chi connectivity index (χ2n) is 4.96. The molecule has 0 amide bonds. The number of fused-ring (bicyclic) bond motifs is 1. The van der Waals surface area contributed by atoms with E-state index in [2.05, 4.69) is 58.6 Å². The summed E-state index contributed by atoms with van der Waals surface area (Å²) in [5.74, 6) is 0.335. The summed E-state index contributed by atoms with van der Waals surface area (Å²) in [5, 5.41) is 3.94. The standard InChI is InChI=1S/C16H15N3/c17-19-18-14-10-13-8-4-5-9-15(13)16(11-14)12-6-2-1-3-7-12/h1-9,14,16H,10-11H2/t14-,16-/m0/s1. The molecule has 1 aliphatic rings. The monoisotopic (exact) mass is 249 g/mol. The molecule has 19 heavy (non-hydrogen) atoms. The molecule has 0 aromatic heterocycles. The lowest BCUT2D eigenvalue weighted by molar-refractivity contribution is 0.529. The number of azide groups is 1. The molecular weight excluding hydrogens is 234 g/mol. The van der Waals surface area contributed by atoms with Crippen molar-refractivity contribution in [2.45, 2.75) is 24.8 Å². The molecule has 94 valence electrons. The fourth-order valence-corrected chi connectivity index (χ4v) is 2.96. The number of hydrogen-bond acceptors (Lipinski definition) is 1. The van der Waals surface area contributed by atoms with Gasteiger partial charge < -0.3 is 0 Å². The largest absolute Gasteiger partial charge is 0.0902 e. The molecule has 3 heteroatoms. The molecule has 2 aromatic rings. The van der Waals surface area contributed by atoms with Crippen molar-refractivity contribution in [3.8, 4) is 0 Å². The SMILES string of the molecule is [N-]=[N+]=N[C@H]1Cc2ccccc2[C@H](c2ccccc2)C1. The van der Waals surface area contributed by atoms with Gasteiger partial charge in [-0.25, -0.2) is 0 Å². The van der Waals surface area contributed by atoms with E-state index in [1.165, 1.54) is 16.7 Å². The first-order valence-corrected chi connectivity index (χ1v) is 6.55. The zero-order valence-electron chi connectivity index (χ0n) is 10.6. The Morgan fingerprint density at radius 3 is 2.53 bits per heavy atom. The van der Waals surface area contributed by atoms with Crippen LogP contribution in [-0.4, -0.2) is 6.04 Å². The third-order valence-electron chi connectivity index (χ3n) is 3.81. The molecule has 0 saturated carbocycles. The van der Waals surface area contributed by atoms with E-state index in [0.29, 0.717) is 5.92 Å². The highest BCUT2D eigenvalue weighted by Crippen LogP contribution is 2.37. The lowest BCUT2D eigenvalue weighted by Gasteiger charge is -2.29. The van der Waals surface area contributed by atoms with Crippen LogP contribution in [0.5, 0.6) is 0 Å². The first-order chi connectivity index (χ1) is 9.38. The molecule has 2 aromatic carbocycles. The fraction of sp³-hybridized carbons (Fsp3) is 0.250. The van der Waals surface area contributed by atoms with E-state index in [4.69, 9.17) is 5.53 Å². The Balaban J connectivity index is 2.05. The number of benzene rings is 2. The second kappa shape index (κ2) is 5.17. The van der Waals surface area contributed by atoms with E-state index < -0.39 is 0 Å². The van der Waals surface area contributed by atoms with Crippen LogP contribution in [0.4, 0.5) is 0 Å². The van der Waals surface area contributed by atoms with Gasteiger partial charge in [0.25, 0.3) is 0 Å². The Labute approximate surface area is 112 Å². The zero-order valence-corrected chi connectivity index (χ0v) is 10.6. The summed E-state index contributed by atoms with van der Waals surface area (Å²) in [6.07, 6.45) is 1.74. The lowest BCUT2D eigenvalue weighted by atomic mass is 9.77. The van der Waals surface area contributed by atoms with Crippen molar-refractivity contribution in [3.63, 3.8) is 0 Å². The van der Waals surface area contributed by atoms with E-state index in [1.54, 1.807) is 0 Å². The minimum Gasteiger partial charge on any atom is -0.0902 e. The van der Waals surface area contributed by atoms with E-state index in [-0.39, 0.29) is 6.04 Å². The Kier molecular flexibility index (Phi) is 3.21. The summed E-state index contributed by atoms with van der Waals surface area (Å²) in [4.78, 5) is 2.99. The van der Waals surface area contributed by atoms with Gasteiger partial charge in [0.15, 0.2) is 0 Å². The summed E-state index contributed by atoms with van der Waals surface area (Å²) in [6, 6.07) is 19.0. The van der Waals surface area contributed by atoms with E-state index in [1.807, 2.05) is 6.07 Å². The van der Waals surface area contributed by atoms with Crippen molar-refractivity contribution in [1.29, 1.82) is 0 Å². The molecule has 0 radical (unpaired) electrons. The summed E-state index contributed by atoms with van der Waals surface area (Å²) in [6.45, 7) is 0. The molecule has 0 N–H and O–H groups in total. The first-order valence-electron chi connectivity index (χ1n) is 6.55. The van der Waals surface area contributed by atoms with Crippen LogP contribution in [0, 0.1) is 0 Å². The van der Waals surface area contributed by atoms with Gasteiger partial charge in [0.1, 0.15) is 0 Å². The Hall–Kier alpha value is -2.25. The topological polar surface area (TPSA) is 48.8 Å². The smallest absolute Gasteiger partial charge is 0.0423 e. The fourth-order valence-electron chi connectivity index (χ4n) is 2.96. The molecule has 0 bridgehead atoms. The van der Waals surface area contributed by atoms with Crippen molar-refractivity contribution in [3.05, 3.63) is 81.7 Å². The van der Waals surface area contributed by atoms with E-state index in [0.717, 1.165) is 12.8 Å². The minimum absolute atomic E-state index is 0.0603. The van der Waals surface area contributed by atoms with E-state index in [9.17, 15) is 0 Å². The summed E-state index contributed by atoms with van der Waals surface area (Å²) >= 11 is 0. The van der Waals surface area contributed by atoms with Gasteiger partial charge in [-0.05, 0) is 35.1 Å². The molecule has 0 spiro atoms. The molecule has 3 nitrogen and oxygen atoms in total. The van der Waals surface area contributed by atoms with Crippen LogP contribution in [0.2, 0.25) is 0 Å². The van der Waals surface area contributed by atoms with Crippen molar-refractivity contribution in [1.82, 2.24) is 0 Å². The van der Waals surface area contributed by atoms with Gasteiger partial charge >= 0.3 is 0 Å². The van der Waals surface area contributed by atoms with Gasteiger partial charge in [-0.1, -0.05) is 59.7 Å². The molecule has 0 fully saturated rings. The minimum atomic E-state index is 0.0603. The zero-order chi connectivity index (χ0) is 13.1. The molecule has 0 heterocycles.